The van der Waals surface area contributed by atoms with Gasteiger partial charge in [0.25, 0.3) is 5.91 Å². The Balaban J connectivity index is 1.98. The van der Waals surface area contributed by atoms with E-state index in [1.165, 1.54) is 50.6 Å². The van der Waals surface area contributed by atoms with Gasteiger partial charge < -0.3 is 24.3 Å². The van der Waals surface area contributed by atoms with E-state index >= 15 is 0 Å². The summed E-state index contributed by atoms with van der Waals surface area (Å²) in [5.41, 5.74) is 0.828. The van der Waals surface area contributed by atoms with Crippen molar-refractivity contribution < 1.29 is 41.7 Å². The fourth-order valence-corrected chi connectivity index (χ4v) is 2.32. The van der Waals surface area contributed by atoms with Gasteiger partial charge in [-0.25, -0.2) is 4.79 Å². The highest BCUT2D eigenvalue weighted by Gasteiger charge is 2.28. The van der Waals surface area contributed by atoms with E-state index in [-0.39, 0.29) is 36.0 Å². The number of methoxy groups -OCH3 is 2. The minimum absolute atomic E-state index is 0.0489. The topological polar surface area (TPSA) is 83.1 Å². The molecular formula is C20H20F3NO6. The lowest BCUT2D eigenvalue weighted by atomic mass is 10.1. The van der Waals surface area contributed by atoms with Gasteiger partial charge in [0.2, 0.25) is 0 Å². The minimum Gasteiger partial charge on any atom is -0.493 e. The molecule has 10 heteroatoms. The third-order valence-electron chi connectivity index (χ3n) is 3.75. The Morgan fingerprint density at radius 1 is 1.00 bits per heavy atom. The number of rotatable bonds is 9. The predicted molar refractivity (Wildman–Crippen MR) is 99.7 cm³/mol. The number of carbonyl (C=O) groups is 2. The van der Waals surface area contributed by atoms with E-state index < -0.39 is 24.7 Å². The number of hydrogen-bond acceptors (Lipinski definition) is 6. The molecule has 0 aliphatic rings. The van der Waals surface area contributed by atoms with Crippen LogP contribution in [-0.2, 0) is 16.1 Å². The van der Waals surface area contributed by atoms with E-state index in [4.69, 9.17) is 14.2 Å². The summed E-state index contributed by atoms with van der Waals surface area (Å²) >= 11 is 0. The normalized spacial score (nSPS) is 10.8. The fraction of sp³-hybridized carbons (Fsp3) is 0.300. The summed E-state index contributed by atoms with van der Waals surface area (Å²) in [7, 11) is 2.61. The van der Waals surface area contributed by atoms with Crippen LogP contribution in [0.25, 0.3) is 0 Å². The molecule has 2 aromatic carbocycles. The van der Waals surface area contributed by atoms with Gasteiger partial charge in [0.05, 0.1) is 14.2 Å². The molecule has 0 aromatic heterocycles. The first kappa shape index (κ1) is 22.9. The van der Waals surface area contributed by atoms with Gasteiger partial charge in [0.1, 0.15) is 5.75 Å². The van der Waals surface area contributed by atoms with E-state index in [2.05, 4.69) is 10.1 Å². The summed E-state index contributed by atoms with van der Waals surface area (Å²) < 4.78 is 56.4. The van der Waals surface area contributed by atoms with Gasteiger partial charge in [-0.2, -0.15) is 13.2 Å². The molecule has 30 heavy (non-hydrogen) atoms. The van der Waals surface area contributed by atoms with Crippen LogP contribution in [-0.4, -0.2) is 45.5 Å². The minimum atomic E-state index is -4.43. The Kier molecular flexibility index (Phi) is 7.90. The first-order valence-electron chi connectivity index (χ1n) is 8.66. The number of hydrogen-bond donors (Lipinski definition) is 1. The Labute approximate surface area is 170 Å². The summed E-state index contributed by atoms with van der Waals surface area (Å²) in [6.07, 6.45) is -4.43. The number of esters is 1. The molecule has 1 N–H and O–H groups in total. The van der Waals surface area contributed by atoms with Crippen molar-refractivity contribution in [1.82, 2.24) is 5.32 Å². The van der Waals surface area contributed by atoms with Crippen molar-refractivity contribution in [3.63, 3.8) is 0 Å². The Hall–Kier alpha value is -3.43. The molecule has 0 saturated heterocycles. The summed E-state index contributed by atoms with van der Waals surface area (Å²) in [6, 6.07) is 10.4. The number of amides is 1. The van der Waals surface area contributed by atoms with Crippen molar-refractivity contribution in [1.29, 1.82) is 0 Å². The predicted octanol–water partition coefficient (Wildman–Crippen LogP) is 3.12. The molecule has 0 aliphatic carbocycles. The standard InChI is InChI=1S/C20H20F3NO6/c1-27-17-9-14(6-7-16(17)29-11-18(25)28-2)19(26)24-10-13-4-3-5-15(8-13)30-12-20(21,22)23/h3-9H,10-12H2,1-2H3,(H,24,26). The lowest BCUT2D eigenvalue weighted by molar-refractivity contribution is -0.153. The maximum absolute atomic E-state index is 12.4. The third kappa shape index (κ3) is 7.19. The van der Waals surface area contributed by atoms with Gasteiger partial charge in [-0.15, -0.1) is 0 Å². The molecule has 0 heterocycles. The van der Waals surface area contributed by atoms with Gasteiger partial charge in [-0.1, -0.05) is 12.1 Å². The van der Waals surface area contributed by atoms with E-state index in [1.807, 2.05) is 0 Å². The van der Waals surface area contributed by atoms with Crippen LogP contribution in [0.4, 0.5) is 13.2 Å². The first-order valence-corrected chi connectivity index (χ1v) is 8.66. The average molecular weight is 427 g/mol. The maximum atomic E-state index is 12.4. The molecule has 7 nitrogen and oxygen atoms in total. The van der Waals surface area contributed by atoms with Crippen LogP contribution in [0.15, 0.2) is 42.5 Å². The van der Waals surface area contributed by atoms with Crippen LogP contribution in [0, 0.1) is 0 Å². The zero-order chi connectivity index (χ0) is 22.1. The fourth-order valence-electron chi connectivity index (χ4n) is 2.32. The van der Waals surface area contributed by atoms with Crippen LogP contribution in [0.3, 0.4) is 0 Å². The van der Waals surface area contributed by atoms with Gasteiger partial charge in [0, 0.05) is 12.1 Å². The third-order valence-corrected chi connectivity index (χ3v) is 3.75. The van der Waals surface area contributed by atoms with Gasteiger partial charge in [-0.3, -0.25) is 4.79 Å². The second-order valence-electron chi connectivity index (χ2n) is 5.96. The van der Waals surface area contributed by atoms with Gasteiger partial charge >= 0.3 is 12.1 Å². The number of halogens is 3. The van der Waals surface area contributed by atoms with Crippen LogP contribution in [0.1, 0.15) is 15.9 Å². The summed E-state index contributed by atoms with van der Waals surface area (Å²) in [6.45, 7) is -1.64. The first-order chi connectivity index (χ1) is 14.2. The quantitative estimate of drug-likeness (QED) is 0.620. The lowest BCUT2D eigenvalue weighted by Gasteiger charge is -2.12. The molecule has 0 spiro atoms. The van der Waals surface area contributed by atoms with Crippen molar-refractivity contribution in [2.45, 2.75) is 12.7 Å². The molecule has 0 bridgehead atoms. The second-order valence-corrected chi connectivity index (χ2v) is 5.96. The Bertz CT molecular complexity index is 885. The Morgan fingerprint density at radius 3 is 2.43 bits per heavy atom. The molecule has 0 radical (unpaired) electrons. The van der Waals surface area contributed by atoms with Crippen molar-refractivity contribution >= 4 is 11.9 Å². The number of alkyl halides is 3. The number of benzene rings is 2. The van der Waals surface area contributed by atoms with E-state index in [0.717, 1.165) is 0 Å². The molecule has 0 unspecified atom stereocenters. The molecule has 0 aliphatic heterocycles. The molecular weight excluding hydrogens is 407 g/mol. The molecule has 2 rings (SSSR count). The highest BCUT2D eigenvalue weighted by Crippen LogP contribution is 2.28. The Morgan fingerprint density at radius 2 is 1.77 bits per heavy atom. The van der Waals surface area contributed by atoms with E-state index in [9.17, 15) is 22.8 Å². The summed E-state index contributed by atoms with van der Waals surface area (Å²) in [5, 5.41) is 2.66. The highest BCUT2D eigenvalue weighted by molar-refractivity contribution is 5.94. The van der Waals surface area contributed by atoms with Crippen molar-refractivity contribution in [2.24, 2.45) is 0 Å². The van der Waals surface area contributed by atoms with Crippen LogP contribution in [0.2, 0.25) is 0 Å². The number of carbonyl (C=O) groups excluding carboxylic acids is 2. The van der Waals surface area contributed by atoms with Crippen molar-refractivity contribution in [3.8, 4) is 17.2 Å². The van der Waals surface area contributed by atoms with E-state index in [0.29, 0.717) is 5.56 Å². The van der Waals surface area contributed by atoms with Crippen LogP contribution < -0.4 is 19.5 Å². The van der Waals surface area contributed by atoms with Crippen molar-refractivity contribution in [3.05, 3.63) is 53.6 Å². The van der Waals surface area contributed by atoms with E-state index in [1.54, 1.807) is 6.07 Å². The molecule has 2 aromatic rings. The maximum Gasteiger partial charge on any atom is 0.422 e. The van der Waals surface area contributed by atoms with Crippen LogP contribution >= 0.6 is 0 Å². The van der Waals surface area contributed by atoms with Gasteiger partial charge in [-0.05, 0) is 35.9 Å². The average Bonchev–Trinajstić information content (AvgIpc) is 2.74. The van der Waals surface area contributed by atoms with Crippen molar-refractivity contribution in [2.75, 3.05) is 27.4 Å². The second kappa shape index (κ2) is 10.4. The van der Waals surface area contributed by atoms with Gasteiger partial charge in [0.15, 0.2) is 24.7 Å². The molecule has 1 amide bonds. The SMILES string of the molecule is COC(=O)COc1ccc(C(=O)NCc2cccc(OCC(F)(F)F)c2)cc1OC. The summed E-state index contributed by atoms with van der Waals surface area (Å²) in [5.74, 6) is -0.453. The number of ether oxygens (including phenoxy) is 4. The lowest BCUT2D eigenvalue weighted by Crippen LogP contribution is -2.23. The zero-order valence-corrected chi connectivity index (χ0v) is 16.2. The highest BCUT2D eigenvalue weighted by atomic mass is 19.4. The zero-order valence-electron chi connectivity index (χ0n) is 16.2. The number of nitrogens with one attached hydrogen (secondary N) is 1. The monoisotopic (exact) mass is 427 g/mol. The summed E-state index contributed by atoms with van der Waals surface area (Å²) in [4.78, 5) is 23.6. The van der Waals surface area contributed by atoms with Crippen LogP contribution in [0.5, 0.6) is 17.2 Å². The molecule has 0 atom stereocenters. The largest absolute Gasteiger partial charge is 0.493 e. The molecule has 0 saturated carbocycles. The smallest absolute Gasteiger partial charge is 0.422 e. The molecule has 162 valence electrons. The molecule has 0 fully saturated rings.